The van der Waals surface area contributed by atoms with Gasteiger partial charge in [-0.3, -0.25) is 0 Å². The Kier molecular flexibility index (Phi) is 5.91. The first-order valence-corrected chi connectivity index (χ1v) is 10.2. The van der Waals surface area contributed by atoms with Gasteiger partial charge in [0.25, 0.3) is 0 Å². The van der Waals surface area contributed by atoms with E-state index in [1.54, 1.807) is 25.1 Å². The number of carbonyl (C=O) groups excluding carboxylic acids is 1. The van der Waals surface area contributed by atoms with Crippen molar-refractivity contribution in [1.82, 2.24) is 0 Å². The molecule has 1 heterocycles. The van der Waals surface area contributed by atoms with Gasteiger partial charge in [0.1, 0.15) is 22.7 Å². The summed E-state index contributed by atoms with van der Waals surface area (Å²) < 4.78 is 11.5. The number of hydrogen-bond donors (Lipinski definition) is 3. The molecule has 2 aromatic rings. The average Bonchev–Trinajstić information content (AvgIpc) is 2.67. The summed E-state index contributed by atoms with van der Waals surface area (Å²) in [6, 6.07) is 13.3. The van der Waals surface area contributed by atoms with E-state index in [2.05, 4.69) is 5.32 Å². The van der Waals surface area contributed by atoms with Crippen molar-refractivity contribution in [3.8, 4) is 5.75 Å². The Morgan fingerprint density at radius 1 is 1.13 bits per heavy atom. The van der Waals surface area contributed by atoms with E-state index < -0.39 is 17.1 Å². The Morgan fingerprint density at radius 3 is 2.35 bits per heavy atom. The predicted molar refractivity (Wildman–Crippen MR) is 124 cm³/mol. The lowest BCUT2D eigenvalue weighted by molar-refractivity contribution is -0.162. The summed E-state index contributed by atoms with van der Waals surface area (Å²) in [5.41, 5.74) is 14.0. The highest BCUT2D eigenvalue weighted by Gasteiger charge is 2.40. The Bertz CT molecular complexity index is 1010. The molecular formula is C24H32N4O3. The average molecular weight is 425 g/mol. The second kappa shape index (κ2) is 8.15. The molecule has 166 valence electrons. The van der Waals surface area contributed by atoms with Crippen molar-refractivity contribution in [2.75, 3.05) is 24.3 Å². The molecule has 0 saturated carbocycles. The van der Waals surface area contributed by atoms with Crippen molar-refractivity contribution in [2.24, 2.45) is 11.5 Å². The minimum absolute atomic E-state index is 0.277. The second-order valence-corrected chi connectivity index (χ2v) is 9.12. The number of hydrogen-bond acceptors (Lipinski definition) is 7. The van der Waals surface area contributed by atoms with Crippen LogP contribution in [0.3, 0.4) is 0 Å². The van der Waals surface area contributed by atoms with Gasteiger partial charge in [-0.2, -0.15) is 0 Å². The number of anilines is 2. The Morgan fingerprint density at radius 2 is 1.77 bits per heavy atom. The molecule has 3 rings (SSSR count). The van der Waals surface area contributed by atoms with E-state index in [1.807, 2.05) is 64.0 Å². The zero-order valence-corrected chi connectivity index (χ0v) is 19.1. The van der Waals surface area contributed by atoms with Crippen LogP contribution in [-0.4, -0.2) is 25.7 Å². The fourth-order valence-electron chi connectivity index (χ4n) is 3.34. The van der Waals surface area contributed by atoms with Crippen LogP contribution in [0.2, 0.25) is 0 Å². The molecule has 1 unspecified atom stereocenters. The van der Waals surface area contributed by atoms with E-state index in [0.29, 0.717) is 28.6 Å². The van der Waals surface area contributed by atoms with Crippen molar-refractivity contribution >= 4 is 17.3 Å². The van der Waals surface area contributed by atoms with Crippen LogP contribution in [0.5, 0.6) is 5.75 Å². The quantitative estimate of drug-likeness (QED) is 0.632. The molecule has 2 aromatic carbocycles. The molecule has 0 aromatic heterocycles. The van der Waals surface area contributed by atoms with Crippen LogP contribution in [-0.2, 0) is 21.5 Å². The molecule has 7 nitrogen and oxygen atoms in total. The molecular weight excluding hydrogens is 392 g/mol. The van der Waals surface area contributed by atoms with Crippen molar-refractivity contribution in [3.05, 3.63) is 65.2 Å². The Hall–Kier alpha value is -3.19. The summed E-state index contributed by atoms with van der Waals surface area (Å²) in [5.74, 6) is 1.14. The molecule has 5 N–H and O–H groups in total. The SMILES string of the molecule is CC1=C(N)Nc2cc(C(N)(Cc3ccc(N(C)C)cc3)C(=O)OC(C)(C)C)ccc2O1. The first kappa shape index (κ1) is 22.5. The third-order valence-corrected chi connectivity index (χ3v) is 5.11. The van der Waals surface area contributed by atoms with Crippen molar-refractivity contribution in [1.29, 1.82) is 0 Å². The van der Waals surface area contributed by atoms with Gasteiger partial charge in [-0.1, -0.05) is 18.2 Å². The maximum Gasteiger partial charge on any atom is 0.331 e. The van der Waals surface area contributed by atoms with E-state index in [4.69, 9.17) is 20.9 Å². The Labute approximate surface area is 184 Å². The third-order valence-electron chi connectivity index (χ3n) is 5.11. The fraction of sp³-hybridized carbons (Fsp3) is 0.375. The highest BCUT2D eigenvalue weighted by atomic mass is 16.6. The van der Waals surface area contributed by atoms with Crippen LogP contribution in [0.25, 0.3) is 0 Å². The summed E-state index contributed by atoms with van der Waals surface area (Å²) in [6.07, 6.45) is 0.277. The number of esters is 1. The monoisotopic (exact) mass is 424 g/mol. The number of fused-ring (bicyclic) bond motifs is 1. The van der Waals surface area contributed by atoms with E-state index in [-0.39, 0.29) is 6.42 Å². The van der Waals surface area contributed by atoms with Crippen molar-refractivity contribution in [3.63, 3.8) is 0 Å². The maximum atomic E-state index is 13.3. The van der Waals surface area contributed by atoms with Gasteiger partial charge in [0, 0.05) is 26.2 Å². The number of nitrogens with one attached hydrogen (secondary N) is 1. The lowest BCUT2D eigenvalue weighted by atomic mass is 9.84. The number of rotatable bonds is 5. The fourth-order valence-corrected chi connectivity index (χ4v) is 3.34. The molecule has 0 amide bonds. The molecule has 31 heavy (non-hydrogen) atoms. The molecule has 1 aliphatic rings. The Balaban J connectivity index is 2.01. The van der Waals surface area contributed by atoms with Crippen LogP contribution < -0.4 is 26.4 Å². The van der Waals surface area contributed by atoms with Gasteiger partial charge in [0.05, 0.1) is 5.69 Å². The van der Waals surface area contributed by atoms with Crippen molar-refractivity contribution in [2.45, 2.75) is 45.3 Å². The predicted octanol–water partition coefficient (Wildman–Crippen LogP) is 3.44. The molecule has 7 heteroatoms. The molecule has 0 bridgehead atoms. The lowest BCUT2D eigenvalue weighted by Gasteiger charge is -2.33. The highest BCUT2D eigenvalue weighted by Crippen LogP contribution is 2.36. The zero-order valence-electron chi connectivity index (χ0n) is 19.1. The number of ether oxygens (including phenoxy) is 2. The number of allylic oxidation sites excluding steroid dienone is 1. The van der Waals surface area contributed by atoms with Gasteiger partial charge in [0.2, 0.25) is 0 Å². The molecule has 1 atom stereocenters. The molecule has 0 radical (unpaired) electrons. The van der Waals surface area contributed by atoms with Crippen molar-refractivity contribution < 1.29 is 14.3 Å². The van der Waals surface area contributed by atoms with Gasteiger partial charge in [-0.05, 0) is 63.1 Å². The van der Waals surface area contributed by atoms with Crippen LogP contribution in [0.4, 0.5) is 11.4 Å². The number of carbonyl (C=O) groups is 1. The number of nitrogens with zero attached hydrogens (tertiary/aromatic N) is 1. The third kappa shape index (κ3) is 4.94. The number of benzene rings is 2. The van der Waals surface area contributed by atoms with E-state index in [9.17, 15) is 4.79 Å². The summed E-state index contributed by atoms with van der Waals surface area (Å²) in [4.78, 5) is 15.3. The molecule has 0 aliphatic carbocycles. The zero-order chi connectivity index (χ0) is 23.0. The van der Waals surface area contributed by atoms with E-state index in [0.717, 1.165) is 11.3 Å². The second-order valence-electron chi connectivity index (χ2n) is 9.12. The first-order valence-electron chi connectivity index (χ1n) is 10.2. The first-order chi connectivity index (χ1) is 14.4. The van der Waals surface area contributed by atoms with Gasteiger partial charge in [-0.15, -0.1) is 0 Å². The van der Waals surface area contributed by atoms with Gasteiger partial charge in [-0.25, -0.2) is 4.79 Å². The van der Waals surface area contributed by atoms with Crippen LogP contribution in [0, 0.1) is 0 Å². The smallest absolute Gasteiger partial charge is 0.331 e. The molecule has 0 spiro atoms. The lowest BCUT2D eigenvalue weighted by Crippen LogP contribution is -2.50. The summed E-state index contributed by atoms with van der Waals surface area (Å²) in [6.45, 7) is 7.26. The maximum absolute atomic E-state index is 13.3. The standard InChI is InChI=1S/C24H32N4O3/c1-15-21(25)27-19-13-17(9-12-20(19)30-15)24(26,22(29)31-23(2,3)4)14-16-7-10-18(11-8-16)28(5)6/h7-13,27H,14,25-26H2,1-6H3. The van der Waals surface area contributed by atoms with Crippen LogP contribution in [0.15, 0.2) is 54.0 Å². The summed E-state index contributed by atoms with van der Waals surface area (Å²) in [7, 11) is 3.96. The number of nitrogens with two attached hydrogens (primary N) is 2. The van der Waals surface area contributed by atoms with Crippen LogP contribution >= 0.6 is 0 Å². The molecule has 0 saturated heterocycles. The molecule has 0 fully saturated rings. The minimum atomic E-state index is -1.39. The van der Waals surface area contributed by atoms with Gasteiger partial charge < -0.3 is 31.2 Å². The van der Waals surface area contributed by atoms with Gasteiger partial charge >= 0.3 is 5.97 Å². The summed E-state index contributed by atoms with van der Waals surface area (Å²) in [5, 5.41) is 3.11. The highest BCUT2D eigenvalue weighted by molar-refractivity contribution is 5.84. The van der Waals surface area contributed by atoms with E-state index in [1.165, 1.54) is 0 Å². The molecule has 1 aliphatic heterocycles. The topological polar surface area (TPSA) is 103 Å². The summed E-state index contributed by atoms with van der Waals surface area (Å²) >= 11 is 0. The van der Waals surface area contributed by atoms with E-state index >= 15 is 0 Å². The van der Waals surface area contributed by atoms with Crippen LogP contribution in [0.1, 0.15) is 38.8 Å². The minimum Gasteiger partial charge on any atom is -0.458 e. The normalized spacial score (nSPS) is 15.3. The largest absolute Gasteiger partial charge is 0.458 e. The van der Waals surface area contributed by atoms with Gasteiger partial charge in [0.15, 0.2) is 5.75 Å².